The van der Waals surface area contributed by atoms with Gasteiger partial charge in [0.25, 0.3) is 0 Å². The van der Waals surface area contributed by atoms with E-state index in [1.165, 1.54) is 57.8 Å². The Kier molecular flexibility index (Phi) is 18.1. The minimum atomic E-state index is 0.813. The van der Waals surface area contributed by atoms with E-state index in [4.69, 9.17) is 11.6 Å². The highest BCUT2D eigenvalue weighted by Gasteiger charge is 1.86. The van der Waals surface area contributed by atoms with Crippen LogP contribution in [0.4, 0.5) is 0 Å². The summed E-state index contributed by atoms with van der Waals surface area (Å²) in [6.45, 7) is 2.25. The summed E-state index contributed by atoms with van der Waals surface area (Å²) in [7, 11) is 0. The number of allylic oxidation sites excluding steroid dienone is 6. The first-order valence-corrected chi connectivity index (χ1v) is 8.96. The molecule has 0 saturated carbocycles. The molecule has 0 rings (SSSR count). The van der Waals surface area contributed by atoms with Crippen LogP contribution >= 0.6 is 11.6 Å². The lowest BCUT2D eigenvalue weighted by molar-refractivity contribution is 0.676. The largest absolute Gasteiger partial charge is 0.127 e. The fourth-order valence-corrected chi connectivity index (χ4v) is 2.19. The molecule has 0 aromatic carbocycles. The second kappa shape index (κ2) is 18.5. The molecule has 116 valence electrons. The molecule has 0 amide bonds. The lowest BCUT2D eigenvalue weighted by Gasteiger charge is -1.95. The topological polar surface area (TPSA) is 0 Å². The first kappa shape index (κ1) is 19.5. The van der Waals surface area contributed by atoms with Gasteiger partial charge in [0, 0.05) is 5.88 Å². The molecule has 0 aliphatic carbocycles. The van der Waals surface area contributed by atoms with Crippen LogP contribution < -0.4 is 0 Å². The number of alkyl halides is 1. The molecule has 1 heteroatoms. The summed E-state index contributed by atoms with van der Waals surface area (Å²) in [5.74, 6) is 0.813. The van der Waals surface area contributed by atoms with Crippen molar-refractivity contribution < 1.29 is 0 Å². The number of rotatable bonds is 14. The van der Waals surface area contributed by atoms with Crippen LogP contribution in [-0.2, 0) is 0 Å². The molecule has 0 aromatic rings. The molecule has 0 fully saturated rings. The molecule has 0 spiro atoms. The van der Waals surface area contributed by atoms with Crippen molar-refractivity contribution in [3.8, 4) is 0 Å². The third kappa shape index (κ3) is 17.5. The Hall–Kier alpha value is -0.490. The molecule has 0 atom stereocenters. The Balaban J connectivity index is 3.25. The van der Waals surface area contributed by atoms with Gasteiger partial charge in [0.2, 0.25) is 0 Å². The zero-order chi connectivity index (χ0) is 14.7. The van der Waals surface area contributed by atoms with Crippen molar-refractivity contribution in [3.05, 3.63) is 36.5 Å². The van der Waals surface area contributed by atoms with Crippen LogP contribution in [0.5, 0.6) is 0 Å². The van der Waals surface area contributed by atoms with Gasteiger partial charge in [0.15, 0.2) is 0 Å². The Labute approximate surface area is 132 Å². The molecular formula is C19H33Cl. The monoisotopic (exact) mass is 296 g/mol. The summed E-state index contributed by atoms with van der Waals surface area (Å²) in [6.07, 6.45) is 27.4. The van der Waals surface area contributed by atoms with Crippen molar-refractivity contribution in [2.45, 2.75) is 77.6 Å². The quantitative estimate of drug-likeness (QED) is 0.180. The molecular weight excluding hydrogens is 264 g/mol. The Morgan fingerprint density at radius 1 is 0.600 bits per heavy atom. The molecule has 0 heterocycles. The van der Waals surface area contributed by atoms with Crippen molar-refractivity contribution >= 4 is 11.6 Å². The van der Waals surface area contributed by atoms with Gasteiger partial charge in [-0.25, -0.2) is 0 Å². The number of halogens is 1. The Bertz CT molecular complexity index is 250. The Morgan fingerprint density at radius 2 is 1.10 bits per heavy atom. The van der Waals surface area contributed by atoms with Gasteiger partial charge in [-0.2, -0.15) is 0 Å². The minimum Gasteiger partial charge on any atom is -0.127 e. The van der Waals surface area contributed by atoms with Crippen LogP contribution in [-0.4, -0.2) is 5.88 Å². The van der Waals surface area contributed by atoms with E-state index in [0.717, 1.165) is 18.7 Å². The van der Waals surface area contributed by atoms with Crippen LogP contribution in [0.1, 0.15) is 77.6 Å². The number of hydrogen-bond donors (Lipinski definition) is 0. The predicted octanol–water partition coefficient (Wildman–Crippen LogP) is 7.20. The second-order valence-electron chi connectivity index (χ2n) is 5.27. The van der Waals surface area contributed by atoms with E-state index in [0.29, 0.717) is 0 Å². The van der Waals surface area contributed by atoms with E-state index in [9.17, 15) is 0 Å². The zero-order valence-electron chi connectivity index (χ0n) is 13.3. The lowest BCUT2D eigenvalue weighted by atomic mass is 10.1. The smallest absolute Gasteiger partial charge is 0.0223 e. The summed E-state index contributed by atoms with van der Waals surface area (Å²) in [5.41, 5.74) is 0. The average Bonchev–Trinajstić information content (AvgIpc) is 2.47. The standard InChI is InChI=1S/C19H33Cl/c1-2-3-4-5-6-7-8-9-10-11-12-13-14-15-16-17-18-19-20/h6-7,9-10,12-13H,2-5,8,11,14-19H2,1H3/b7-6+,10-9+,13-12+. The summed E-state index contributed by atoms with van der Waals surface area (Å²) < 4.78 is 0. The first-order valence-electron chi connectivity index (χ1n) is 8.42. The van der Waals surface area contributed by atoms with Crippen LogP contribution in [0.25, 0.3) is 0 Å². The SMILES string of the molecule is CCCCC/C=C/C/C=C/C/C=C/CCCCCCCl. The van der Waals surface area contributed by atoms with E-state index in [1.807, 2.05) is 0 Å². The predicted molar refractivity (Wildman–Crippen MR) is 94.6 cm³/mol. The van der Waals surface area contributed by atoms with Gasteiger partial charge in [-0.15, -0.1) is 11.6 Å². The number of unbranched alkanes of at least 4 members (excludes halogenated alkanes) is 7. The minimum absolute atomic E-state index is 0.813. The molecule has 0 N–H and O–H groups in total. The van der Waals surface area contributed by atoms with Crippen molar-refractivity contribution in [1.82, 2.24) is 0 Å². The van der Waals surface area contributed by atoms with Crippen LogP contribution in [0.15, 0.2) is 36.5 Å². The molecule has 0 nitrogen and oxygen atoms in total. The molecule has 0 bridgehead atoms. The van der Waals surface area contributed by atoms with E-state index in [1.54, 1.807) is 0 Å². The first-order chi connectivity index (χ1) is 9.91. The summed E-state index contributed by atoms with van der Waals surface area (Å²) >= 11 is 5.64. The maximum atomic E-state index is 5.64. The summed E-state index contributed by atoms with van der Waals surface area (Å²) in [6, 6.07) is 0. The molecule has 0 aliphatic heterocycles. The van der Waals surface area contributed by atoms with E-state index in [-0.39, 0.29) is 0 Å². The summed E-state index contributed by atoms with van der Waals surface area (Å²) in [5, 5.41) is 0. The van der Waals surface area contributed by atoms with Crippen molar-refractivity contribution in [3.63, 3.8) is 0 Å². The van der Waals surface area contributed by atoms with E-state index < -0.39 is 0 Å². The third-order valence-corrected chi connectivity index (χ3v) is 3.54. The highest BCUT2D eigenvalue weighted by molar-refractivity contribution is 6.17. The van der Waals surface area contributed by atoms with Crippen molar-refractivity contribution in [2.75, 3.05) is 5.88 Å². The lowest BCUT2D eigenvalue weighted by Crippen LogP contribution is -1.77. The molecule has 0 aromatic heterocycles. The van der Waals surface area contributed by atoms with Gasteiger partial charge < -0.3 is 0 Å². The molecule has 0 aliphatic rings. The van der Waals surface area contributed by atoms with Gasteiger partial charge in [-0.05, 0) is 44.9 Å². The zero-order valence-corrected chi connectivity index (χ0v) is 14.1. The van der Waals surface area contributed by atoms with Gasteiger partial charge in [0.05, 0.1) is 0 Å². The molecule has 0 radical (unpaired) electrons. The molecule has 0 unspecified atom stereocenters. The average molecular weight is 297 g/mol. The fourth-order valence-electron chi connectivity index (χ4n) is 2.00. The number of hydrogen-bond acceptors (Lipinski definition) is 0. The normalized spacial score (nSPS) is 12.3. The third-order valence-electron chi connectivity index (χ3n) is 3.27. The Morgan fingerprint density at radius 3 is 1.65 bits per heavy atom. The maximum absolute atomic E-state index is 5.64. The van der Waals surface area contributed by atoms with Crippen molar-refractivity contribution in [1.29, 1.82) is 0 Å². The molecule has 20 heavy (non-hydrogen) atoms. The van der Waals surface area contributed by atoms with E-state index in [2.05, 4.69) is 43.4 Å². The second-order valence-corrected chi connectivity index (χ2v) is 5.65. The summed E-state index contributed by atoms with van der Waals surface area (Å²) in [4.78, 5) is 0. The highest BCUT2D eigenvalue weighted by Crippen LogP contribution is 2.05. The van der Waals surface area contributed by atoms with Crippen LogP contribution in [0, 0.1) is 0 Å². The van der Waals surface area contributed by atoms with Gasteiger partial charge in [0.1, 0.15) is 0 Å². The fraction of sp³-hybridized carbons (Fsp3) is 0.684. The van der Waals surface area contributed by atoms with Gasteiger partial charge in [-0.1, -0.05) is 69.1 Å². The van der Waals surface area contributed by atoms with E-state index >= 15 is 0 Å². The van der Waals surface area contributed by atoms with Crippen LogP contribution in [0.3, 0.4) is 0 Å². The van der Waals surface area contributed by atoms with Gasteiger partial charge in [-0.3, -0.25) is 0 Å². The van der Waals surface area contributed by atoms with Crippen molar-refractivity contribution in [2.24, 2.45) is 0 Å². The van der Waals surface area contributed by atoms with Gasteiger partial charge >= 0.3 is 0 Å². The highest BCUT2D eigenvalue weighted by atomic mass is 35.5. The van der Waals surface area contributed by atoms with Crippen LogP contribution in [0.2, 0.25) is 0 Å². The maximum Gasteiger partial charge on any atom is 0.0223 e. The molecule has 0 saturated heterocycles.